The van der Waals surface area contributed by atoms with Gasteiger partial charge < -0.3 is 0 Å². The molecule has 1 aromatic carbocycles. The molecule has 0 amide bonds. The SMILES string of the molecule is CC1(C)CCc2c(sc3cc(CCl)ccc3c2=O)C1. The molecule has 3 heteroatoms. The monoisotopic (exact) mass is 292 g/mol. The van der Waals surface area contributed by atoms with Gasteiger partial charge in [-0.3, -0.25) is 4.79 Å². The lowest BCUT2D eigenvalue weighted by atomic mass is 9.77. The summed E-state index contributed by atoms with van der Waals surface area (Å²) in [6.07, 6.45) is 3.04. The minimum absolute atomic E-state index is 0.236. The van der Waals surface area contributed by atoms with Crippen molar-refractivity contribution in [2.45, 2.75) is 39.0 Å². The molecule has 1 aliphatic carbocycles. The molecule has 1 heterocycles. The van der Waals surface area contributed by atoms with E-state index in [2.05, 4.69) is 19.9 Å². The standard InChI is InChI=1S/C16H17ClOS/c1-16(2)6-5-12-14(8-16)19-13-7-10(9-17)3-4-11(13)15(12)18/h3-4,7H,5-6,8-9H2,1-2H3. The van der Waals surface area contributed by atoms with Crippen molar-refractivity contribution in [1.82, 2.24) is 0 Å². The molecule has 2 aromatic rings. The summed E-state index contributed by atoms with van der Waals surface area (Å²) in [6, 6.07) is 5.96. The van der Waals surface area contributed by atoms with Crippen molar-refractivity contribution in [2.24, 2.45) is 5.41 Å². The molecule has 0 bridgehead atoms. The van der Waals surface area contributed by atoms with Gasteiger partial charge in [-0.15, -0.1) is 22.9 Å². The Bertz CT molecular complexity index is 700. The molecule has 0 N–H and O–H groups in total. The van der Waals surface area contributed by atoms with Crippen LogP contribution in [0.3, 0.4) is 0 Å². The maximum absolute atomic E-state index is 12.6. The van der Waals surface area contributed by atoms with Gasteiger partial charge in [0.2, 0.25) is 0 Å². The van der Waals surface area contributed by atoms with Crippen LogP contribution >= 0.6 is 22.9 Å². The first kappa shape index (κ1) is 13.1. The highest BCUT2D eigenvalue weighted by molar-refractivity contribution is 7.18. The van der Waals surface area contributed by atoms with E-state index < -0.39 is 0 Å². The Labute approximate surface area is 122 Å². The maximum Gasteiger partial charge on any atom is 0.191 e. The average molecular weight is 293 g/mol. The van der Waals surface area contributed by atoms with Crippen LogP contribution in [0.15, 0.2) is 23.0 Å². The first-order valence-corrected chi connectivity index (χ1v) is 7.99. The highest BCUT2D eigenvalue weighted by Gasteiger charge is 2.27. The first-order valence-electron chi connectivity index (χ1n) is 6.64. The molecular formula is C16H17ClOS. The minimum Gasteiger partial charge on any atom is -0.289 e. The third-order valence-corrected chi connectivity index (χ3v) is 5.48. The van der Waals surface area contributed by atoms with Crippen molar-refractivity contribution in [3.8, 4) is 0 Å². The smallest absolute Gasteiger partial charge is 0.191 e. The van der Waals surface area contributed by atoms with Gasteiger partial charge in [0.1, 0.15) is 0 Å². The van der Waals surface area contributed by atoms with Crippen LogP contribution < -0.4 is 5.43 Å². The van der Waals surface area contributed by atoms with Gasteiger partial charge in [0.05, 0.1) is 0 Å². The van der Waals surface area contributed by atoms with Gasteiger partial charge in [0.15, 0.2) is 5.43 Å². The zero-order valence-corrected chi connectivity index (χ0v) is 12.8. The van der Waals surface area contributed by atoms with Crippen LogP contribution in [0.5, 0.6) is 0 Å². The Kier molecular flexibility index (Phi) is 3.18. The van der Waals surface area contributed by atoms with Crippen LogP contribution in [0.25, 0.3) is 10.1 Å². The predicted molar refractivity (Wildman–Crippen MR) is 83.5 cm³/mol. The summed E-state index contributed by atoms with van der Waals surface area (Å²) in [4.78, 5) is 13.8. The molecule has 0 aliphatic heterocycles. The molecule has 3 rings (SSSR count). The molecule has 0 saturated carbocycles. The van der Waals surface area contributed by atoms with Crippen molar-refractivity contribution in [3.63, 3.8) is 0 Å². The summed E-state index contributed by atoms with van der Waals surface area (Å²) in [5.41, 5.74) is 2.68. The lowest BCUT2D eigenvalue weighted by Crippen LogP contribution is -2.26. The number of rotatable bonds is 1. The van der Waals surface area contributed by atoms with Crippen LogP contribution in [-0.4, -0.2) is 0 Å². The molecule has 0 spiro atoms. The summed E-state index contributed by atoms with van der Waals surface area (Å²) in [7, 11) is 0. The largest absolute Gasteiger partial charge is 0.289 e. The first-order chi connectivity index (χ1) is 9.00. The number of hydrogen-bond donors (Lipinski definition) is 0. The Morgan fingerprint density at radius 2 is 2.16 bits per heavy atom. The van der Waals surface area contributed by atoms with Crippen molar-refractivity contribution < 1.29 is 0 Å². The van der Waals surface area contributed by atoms with E-state index in [1.54, 1.807) is 11.3 Å². The highest BCUT2D eigenvalue weighted by Crippen LogP contribution is 2.37. The average Bonchev–Trinajstić information content (AvgIpc) is 2.36. The van der Waals surface area contributed by atoms with Crippen LogP contribution in [0, 0.1) is 5.41 Å². The van der Waals surface area contributed by atoms with Gasteiger partial charge in [-0.1, -0.05) is 19.9 Å². The Hall–Kier alpha value is -0.860. The van der Waals surface area contributed by atoms with Crippen LogP contribution in [0.1, 0.15) is 36.3 Å². The van der Waals surface area contributed by atoms with Crippen molar-refractivity contribution in [2.75, 3.05) is 0 Å². The fourth-order valence-electron chi connectivity index (χ4n) is 2.79. The summed E-state index contributed by atoms with van der Waals surface area (Å²) >= 11 is 7.66. The van der Waals surface area contributed by atoms with Crippen molar-refractivity contribution in [3.05, 3.63) is 44.4 Å². The molecule has 100 valence electrons. The van der Waals surface area contributed by atoms with E-state index in [1.165, 1.54) is 4.88 Å². The lowest BCUT2D eigenvalue weighted by molar-refractivity contribution is 0.318. The van der Waals surface area contributed by atoms with Gasteiger partial charge in [-0.05, 0) is 42.4 Å². The second-order valence-electron chi connectivity index (χ2n) is 6.14. The Morgan fingerprint density at radius 1 is 1.37 bits per heavy atom. The Morgan fingerprint density at radius 3 is 2.89 bits per heavy atom. The number of halogens is 1. The van der Waals surface area contributed by atoms with Crippen molar-refractivity contribution >= 4 is 33.0 Å². The van der Waals surface area contributed by atoms with E-state index in [-0.39, 0.29) is 5.43 Å². The van der Waals surface area contributed by atoms with Gasteiger partial charge in [0.25, 0.3) is 0 Å². The topological polar surface area (TPSA) is 17.1 Å². The summed E-state index contributed by atoms with van der Waals surface area (Å²) in [6.45, 7) is 4.57. The summed E-state index contributed by atoms with van der Waals surface area (Å²) in [5, 5.41) is 0.859. The number of alkyl halides is 1. The lowest BCUT2D eigenvalue weighted by Gasteiger charge is -2.30. The van der Waals surface area contributed by atoms with E-state index in [4.69, 9.17) is 11.6 Å². The fraction of sp³-hybridized carbons (Fsp3) is 0.438. The highest BCUT2D eigenvalue weighted by atomic mass is 35.5. The van der Waals surface area contributed by atoms with Gasteiger partial charge in [-0.25, -0.2) is 0 Å². The van der Waals surface area contributed by atoms with Crippen molar-refractivity contribution in [1.29, 1.82) is 0 Å². The van der Waals surface area contributed by atoms with E-state index >= 15 is 0 Å². The second kappa shape index (κ2) is 4.60. The molecule has 1 nitrogen and oxygen atoms in total. The third-order valence-electron chi connectivity index (χ3n) is 3.98. The van der Waals surface area contributed by atoms with Crippen LogP contribution in [0.2, 0.25) is 0 Å². The molecule has 0 fully saturated rings. The van der Waals surface area contributed by atoms with Crippen LogP contribution in [-0.2, 0) is 18.7 Å². The van der Waals surface area contributed by atoms with Gasteiger partial charge in [-0.2, -0.15) is 0 Å². The molecule has 0 atom stereocenters. The summed E-state index contributed by atoms with van der Waals surface area (Å²) in [5.74, 6) is 0.499. The number of fused-ring (bicyclic) bond motifs is 2. The van der Waals surface area contributed by atoms with E-state index in [0.717, 1.165) is 40.5 Å². The summed E-state index contributed by atoms with van der Waals surface area (Å²) < 4.78 is 1.08. The second-order valence-corrected chi connectivity index (χ2v) is 7.54. The minimum atomic E-state index is 0.236. The molecule has 0 saturated heterocycles. The zero-order valence-electron chi connectivity index (χ0n) is 11.3. The quantitative estimate of drug-likeness (QED) is 0.707. The molecule has 19 heavy (non-hydrogen) atoms. The van der Waals surface area contributed by atoms with E-state index in [9.17, 15) is 4.79 Å². The Balaban J connectivity index is 2.25. The molecule has 0 unspecified atom stereocenters. The fourth-order valence-corrected chi connectivity index (χ4v) is 4.48. The molecular weight excluding hydrogens is 276 g/mol. The number of benzene rings is 1. The van der Waals surface area contributed by atoms with Gasteiger partial charge >= 0.3 is 0 Å². The normalized spacial score (nSPS) is 17.4. The predicted octanol–water partition coefficient (Wildman–Crippen LogP) is 4.52. The van der Waals surface area contributed by atoms with E-state index in [1.807, 2.05) is 12.1 Å². The number of hydrogen-bond acceptors (Lipinski definition) is 2. The third kappa shape index (κ3) is 2.32. The zero-order chi connectivity index (χ0) is 13.6. The maximum atomic E-state index is 12.6. The molecule has 1 aliphatic rings. The van der Waals surface area contributed by atoms with Gasteiger partial charge in [0, 0.05) is 26.4 Å². The molecule has 1 aromatic heterocycles. The van der Waals surface area contributed by atoms with Crippen LogP contribution in [0.4, 0.5) is 0 Å². The van der Waals surface area contributed by atoms with E-state index in [0.29, 0.717) is 11.3 Å². The molecule has 0 radical (unpaired) electrons.